The summed E-state index contributed by atoms with van der Waals surface area (Å²) in [5, 5.41) is 11.6. The smallest absolute Gasteiger partial charge is 0.125 e. The third-order valence-electron chi connectivity index (χ3n) is 3.33. The molecule has 0 amide bonds. The van der Waals surface area contributed by atoms with Gasteiger partial charge in [0.2, 0.25) is 0 Å². The van der Waals surface area contributed by atoms with Gasteiger partial charge < -0.3 is 14.8 Å². The molecular weight excluding hydrogens is 238 g/mol. The lowest BCUT2D eigenvalue weighted by Crippen LogP contribution is -2.02. The Morgan fingerprint density at radius 3 is 2.79 bits per heavy atom. The summed E-state index contributed by atoms with van der Waals surface area (Å²) >= 11 is 0. The first-order chi connectivity index (χ1) is 9.29. The van der Waals surface area contributed by atoms with Gasteiger partial charge in [-0.3, -0.25) is 0 Å². The number of aromatic nitrogens is 1. The number of aliphatic hydroxyl groups excluding tert-OH is 1. The zero-order valence-corrected chi connectivity index (χ0v) is 10.6. The first kappa shape index (κ1) is 11.8. The Balaban J connectivity index is 2.04. The van der Waals surface area contributed by atoms with E-state index in [4.69, 9.17) is 4.74 Å². The molecule has 2 aromatic carbocycles. The Hall–Kier alpha value is -2.26. The summed E-state index contributed by atoms with van der Waals surface area (Å²) < 4.78 is 5.29. The van der Waals surface area contributed by atoms with Gasteiger partial charge in [-0.2, -0.15) is 0 Å². The number of para-hydroxylation sites is 1. The quantitative estimate of drug-likeness (QED) is 0.752. The van der Waals surface area contributed by atoms with Gasteiger partial charge in [0.25, 0.3) is 0 Å². The predicted octanol–water partition coefficient (Wildman–Crippen LogP) is 3.26. The number of nitrogens with one attached hydrogen (secondary N) is 1. The number of methoxy groups -OCH3 is 1. The minimum Gasteiger partial charge on any atom is -0.496 e. The van der Waals surface area contributed by atoms with Crippen LogP contribution in [0.4, 0.5) is 0 Å². The molecule has 0 fully saturated rings. The van der Waals surface area contributed by atoms with Gasteiger partial charge in [0.1, 0.15) is 11.9 Å². The van der Waals surface area contributed by atoms with E-state index >= 15 is 0 Å². The maximum absolute atomic E-state index is 10.5. The summed E-state index contributed by atoms with van der Waals surface area (Å²) in [4.78, 5) is 3.14. The molecule has 0 saturated carbocycles. The molecule has 1 unspecified atom stereocenters. The maximum Gasteiger partial charge on any atom is 0.125 e. The molecule has 3 heteroatoms. The summed E-state index contributed by atoms with van der Waals surface area (Å²) in [6.07, 6.45) is 1.21. The second kappa shape index (κ2) is 4.78. The highest BCUT2D eigenvalue weighted by Crippen LogP contribution is 2.30. The standard InChI is InChI=1S/C16H15NO2/c1-19-15-5-3-2-4-13(15)16(18)12-6-7-14-11(10-12)8-9-17-14/h2-10,16-18H,1H3. The second-order valence-corrected chi connectivity index (χ2v) is 4.47. The number of aromatic amines is 1. The minimum absolute atomic E-state index is 0.685. The molecule has 3 rings (SSSR count). The predicted molar refractivity (Wildman–Crippen MR) is 75.4 cm³/mol. The summed E-state index contributed by atoms with van der Waals surface area (Å²) in [7, 11) is 1.61. The van der Waals surface area contributed by atoms with Crippen molar-refractivity contribution in [1.29, 1.82) is 0 Å². The van der Waals surface area contributed by atoms with Crippen molar-refractivity contribution in [3.05, 3.63) is 65.9 Å². The molecule has 1 aromatic heterocycles. The Kier molecular flexibility index (Phi) is 2.97. The van der Waals surface area contributed by atoms with Gasteiger partial charge in [0.05, 0.1) is 7.11 Å². The summed E-state index contributed by atoms with van der Waals surface area (Å²) in [6, 6.07) is 15.4. The van der Waals surface area contributed by atoms with E-state index in [0.717, 1.165) is 22.0 Å². The molecule has 1 heterocycles. The van der Waals surface area contributed by atoms with Crippen LogP contribution >= 0.6 is 0 Å². The van der Waals surface area contributed by atoms with Crippen LogP contribution < -0.4 is 4.74 Å². The number of ether oxygens (including phenoxy) is 1. The average molecular weight is 253 g/mol. The molecular formula is C16H15NO2. The second-order valence-electron chi connectivity index (χ2n) is 4.47. The topological polar surface area (TPSA) is 45.2 Å². The molecule has 0 spiro atoms. The lowest BCUT2D eigenvalue weighted by molar-refractivity contribution is 0.215. The molecule has 19 heavy (non-hydrogen) atoms. The van der Waals surface area contributed by atoms with Crippen LogP contribution in [0, 0.1) is 0 Å². The van der Waals surface area contributed by atoms with Crippen LogP contribution in [0.15, 0.2) is 54.7 Å². The van der Waals surface area contributed by atoms with Crippen molar-refractivity contribution in [3.63, 3.8) is 0 Å². The molecule has 0 bridgehead atoms. The lowest BCUT2D eigenvalue weighted by atomic mass is 9.99. The number of hydrogen-bond donors (Lipinski definition) is 2. The van der Waals surface area contributed by atoms with Crippen molar-refractivity contribution in [2.24, 2.45) is 0 Å². The highest BCUT2D eigenvalue weighted by Gasteiger charge is 2.15. The first-order valence-electron chi connectivity index (χ1n) is 6.17. The van der Waals surface area contributed by atoms with E-state index < -0.39 is 6.10 Å². The third kappa shape index (κ3) is 2.09. The fourth-order valence-electron chi connectivity index (χ4n) is 2.31. The van der Waals surface area contributed by atoms with E-state index in [1.807, 2.05) is 54.7 Å². The highest BCUT2D eigenvalue weighted by molar-refractivity contribution is 5.80. The van der Waals surface area contributed by atoms with E-state index in [1.165, 1.54) is 0 Å². The van der Waals surface area contributed by atoms with E-state index in [9.17, 15) is 5.11 Å². The van der Waals surface area contributed by atoms with Crippen molar-refractivity contribution in [2.45, 2.75) is 6.10 Å². The fourth-order valence-corrected chi connectivity index (χ4v) is 2.31. The molecule has 0 radical (unpaired) electrons. The lowest BCUT2D eigenvalue weighted by Gasteiger charge is -2.15. The van der Waals surface area contributed by atoms with Crippen molar-refractivity contribution in [1.82, 2.24) is 4.98 Å². The van der Waals surface area contributed by atoms with Crippen LogP contribution in [-0.4, -0.2) is 17.2 Å². The van der Waals surface area contributed by atoms with Crippen LogP contribution in [0.25, 0.3) is 10.9 Å². The van der Waals surface area contributed by atoms with E-state index in [2.05, 4.69) is 4.98 Å². The molecule has 0 saturated heterocycles. The number of H-pyrrole nitrogens is 1. The van der Waals surface area contributed by atoms with Gasteiger partial charge in [-0.25, -0.2) is 0 Å². The molecule has 1 atom stereocenters. The summed E-state index contributed by atoms with van der Waals surface area (Å²) in [6.45, 7) is 0. The fraction of sp³-hybridized carbons (Fsp3) is 0.125. The van der Waals surface area contributed by atoms with Gasteiger partial charge in [0, 0.05) is 17.3 Å². The van der Waals surface area contributed by atoms with Gasteiger partial charge in [0.15, 0.2) is 0 Å². The zero-order chi connectivity index (χ0) is 13.2. The highest BCUT2D eigenvalue weighted by atomic mass is 16.5. The summed E-state index contributed by atoms with van der Waals surface area (Å²) in [5.41, 5.74) is 2.70. The number of hydrogen-bond acceptors (Lipinski definition) is 2. The Labute approximate surface area is 111 Å². The molecule has 0 aliphatic heterocycles. The number of fused-ring (bicyclic) bond motifs is 1. The molecule has 0 aliphatic rings. The van der Waals surface area contributed by atoms with E-state index in [-0.39, 0.29) is 0 Å². The van der Waals surface area contributed by atoms with Gasteiger partial charge >= 0.3 is 0 Å². The Morgan fingerprint density at radius 1 is 1.11 bits per heavy atom. The SMILES string of the molecule is COc1ccccc1C(O)c1ccc2[nH]ccc2c1. The molecule has 3 aromatic rings. The minimum atomic E-state index is -0.685. The average Bonchev–Trinajstić information content (AvgIpc) is 2.93. The number of aliphatic hydroxyl groups is 1. The van der Waals surface area contributed by atoms with Gasteiger partial charge in [-0.05, 0) is 35.2 Å². The molecule has 3 nitrogen and oxygen atoms in total. The molecule has 2 N–H and O–H groups in total. The van der Waals surface area contributed by atoms with Gasteiger partial charge in [-0.15, -0.1) is 0 Å². The van der Waals surface area contributed by atoms with E-state index in [0.29, 0.717) is 5.75 Å². The van der Waals surface area contributed by atoms with Gasteiger partial charge in [-0.1, -0.05) is 24.3 Å². The molecule has 0 aliphatic carbocycles. The largest absolute Gasteiger partial charge is 0.496 e. The monoisotopic (exact) mass is 253 g/mol. The van der Waals surface area contributed by atoms with Crippen molar-refractivity contribution >= 4 is 10.9 Å². The van der Waals surface area contributed by atoms with Crippen LogP contribution in [0.3, 0.4) is 0 Å². The number of benzene rings is 2. The van der Waals surface area contributed by atoms with E-state index in [1.54, 1.807) is 7.11 Å². The zero-order valence-electron chi connectivity index (χ0n) is 10.6. The normalized spacial score (nSPS) is 12.5. The van der Waals surface area contributed by atoms with Crippen LogP contribution in [0.2, 0.25) is 0 Å². The summed E-state index contributed by atoms with van der Waals surface area (Å²) in [5.74, 6) is 0.698. The van der Waals surface area contributed by atoms with Crippen LogP contribution in [-0.2, 0) is 0 Å². The molecule has 96 valence electrons. The van der Waals surface area contributed by atoms with Crippen LogP contribution in [0.1, 0.15) is 17.2 Å². The number of rotatable bonds is 3. The van der Waals surface area contributed by atoms with Crippen molar-refractivity contribution in [3.8, 4) is 5.75 Å². The van der Waals surface area contributed by atoms with Crippen molar-refractivity contribution < 1.29 is 9.84 Å². The third-order valence-corrected chi connectivity index (χ3v) is 3.33. The first-order valence-corrected chi connectivity index (χ1v) is 6.17. The Bertz CT molecular complexity index is 703. The maximum atomic E-state index is 10.5. The van der Waals surface area contributed by atoms with Crippen LogP contribution in [0.5, 0.6) is 5.75 Å². The van der Waals surface area contributed by atoms with Crippen molar-refractivity contribution in [2.75, 3.05) is 7.11 Å². The Morgan fingerprint density at radius 2 is 1.95 bits per heavy atom.